The summed E-state index contributed by atoms with van der Waals surface area (Å²) >= 11 is 0. The minimum Gasteiger partial charge on any atom is -0.388 e. The molecule has 0 aromatic carbocycles. The largest absolute Gasteiger partial charge is 0.388 e. The van der Waals surface area contributed by atoms with E-state index < -0.39 is 5.60 Å². The number of aliphatic hydroxyl groups is 1. The van der Waals surface area contributed by atoms with Crippen molar-refractivity contribution < 1.29 is 9.84 Å². The molecule has 0 aromatic rings. The number of nitrogens with one attached hydrogen (secondary N) is 1. The molecule has 4 N–H and O–H groups in total. The monoisotopic (exact) mass is 383 g/mol. The van der Waals surface area contributed by atoms with Crippen LogP contribution in [-0.2, 0) is 4.74 Å². The highest BCUT2D eigenvalue weighted by Gasteiger charge is 2.29. The molecule has 2 fully saturated rings. The van der Waals surface area contributed by atoms with E-state index in [2.05, 4.69) is 10.3 Å². The molecule has 6 heteroatoms. The Labute approximate surface area is 132 Å². The predicted octanol–water partition coefficient (Wildman–Crippen LogP) is 1.38. The minimum absolute atomic E-state index is 0. The van der Waals surface area contributed by atoms with Crippen LogP contribution in [0.15, 0.2) is 4.99 Å². The van der Waals surface area contributed by atoms with Crippen LogP contribution in [0.25, 0.3) is 0 Å². The number of guanidine groups is 1. The molecule has 1 aliphatic heterocycles. The van der Waals surface area contributed by atoms with Crippen molar-refractivity contribution in [3.63, 3.8) is 0 Å². The average molecular weight is 383 g/mol. The van der Waals surface area contributed by atoms with E-state index in [0.717, 1.165) is 0 Å². The minimum atomic E-state index is -0.725. The number of aliphatic imine (C=N–C) groups is 1. The molecule has 0 radical (unpaired) electrons. The molecule has 1 heterocycles. The summed E-state index contributed by atoms with van der Waals surface area (Å²) in [7, 11) is 0. The lowest BCUT2D eigenvalue weighted by Gasteiger charge is -2.30. The lowest BCUT2D eigenvalue weighted by atomic mass is 9.95. The number of hydrogen-bond donors (Lipinski definition) is 3. The molecule has 0 atom stereocenters. The second-order valence-electron chi connectivity index (χ2n) is 5.52. The van der Waals surface area contributed by atoms with Crippen molar-refractivity contribution in [2.45, 2.75) is 56.6 Å². The van der Waals surface area contributed by atoms with Gasteiger partial charge in [0.1, 0.15) is 0 Å². The van der Waals surface area contributed by atoms with Gasteiger partial charge in [-0.3, -0.25) is 4.99 Å². The fourth-order valence-corrected chi connectivity index (χ4v) is 2.64. The van der Waals surface area contributed by atoms with Gasteiger partial charge >= 0.3 is 0 Å². The smallest absolute Gasteiger partial charge is 0.188 e. The van der Waals surface area contributed by atoms with Crippen LogP contribution in [0.3, 0.4) is 0 Å². The zero-order valence-corrected chi connectivity index (χ0v) is 13.8. The lowest BCUT2D eigenvalue weighted by Crippen LogP contribution is -2.44. The van der Waals surface area contributed by atoms with Gasteiger partial charge in [0.15, 0.2) is 5.96 Å². The summed E-state index contributed by atoms with van der Waals surface area (Å²) in [5.74, 6) is 0.474. The number of hydrogen-bond acceptors (Lipinski definition) is 3. The maximum Gasteiger partial charge on any atom is 0.188 e. The molecule has 5 nitrogen and oxygen atoms in total. The summed E-state index contributed by atoms with van der Waals surface area (Å²) < 4.78 is 5.24. The summed E-state index contributed by atoms with van der Waals surface area (Å²) in [4.78, 5) is 4.29. The highest BCUT2D eigenvalue weighted by Crippen LogP contribution is 2.20. The molecule has 0 spiro atoms. The van der Waals surface area contributed by atoms with E-state index in [1.165, 1.54) is 32.1 Å². The van der Waals surface area contributed by atoms with Gasteiger partial charge in [-0.25, -0.2) is 0 Å². The van der Waals surface area contributed by atoms with Crippen LogP contribution >= 0.6 is 24.0 Å². The molecule has 1 saturated heterocycles. The lowest BCUT2D eigenvalue weighted by molar-refractivity contribution is -0.0565. The fraction of sp³-hybridized carbons (Fsp3) is 0.923. The summed E-state index contributed by atoms with van der Waals surface area (Å²) in [5.41, 5.74) is 5.15. The number of nitrogens with two attached hydrogens (primary N) is 1. The first-order valence-electron chi connectivity index (χ1n) is 7.05. The van der Waals surface area contributed by atoms with Gasteiger partial charge in [-0.15, -0.1) is 24.0 Å². The van der Waals surface area contributed by atoms with Crippen molar-refractivity contribution in [1.82, 2.24) is 5.32 Å². The van der Waals surface area contributed by atoms with E-state index in [1.807, 2.05) is 0 Å². The first kappa shape index (κ1) is 17.0. The van der Waals surface area contributed by atoms with Gasteiger partial charge in [0.25, 0.3) is 0 Å². The number of halogens is 1. The molecule has 19 heavy (non-hydrogen) atoms. The Morgan fingerprint density at radius 2 is 1.89 bits per heavy atom. The zero-order chi connectivity index (χ0) is 12.8. The Bertz CT molecular complexity index is 288. The molecule has 0 unspecified atom stereocenters. The van der Waals surface area contributed by atoms with Gasteiger partial charge in [-0.1, -0.05) is 19.3 Å². The van der Waals surface area contributed by atoms with Crippen molar-refractivity contribution in [1.29, 1.82) is 0 Å². The van der Waals surface area contributed by atoms with Gasteiger partial charge in [0, 0.05) is 32.1 Å². The summed E-state index contributed by atoms with van der Waals surface area (Å²) in [6.07, 6.45) is 7.51. The van der Waals surface area contributed by atoms with E-state index >= 15 is 0 Å². The van der Waals surface area contributed by atoms with Crippen molar-refractivity contribution in [3.05, 3.63) is 0 Å². The Balaban J connectivity index is 0.00000180. The number of rotatable bonds is 3. The Morgan fingerprint density at radius 1 is 1.26 bits per heavy atom. The summed E-state index contributed by atoms with van der Waals surface area (Å²) in [6.45, 7) is 1.60. The molecular weight excluding hydrogens is 357 g/mol. The van der Waals surface area contributed by atoms with Gasteiger partial charge in [-0.05, 0) is 12.8 Å². The third-order valence-electron chi connectivity index (χ3n) is 3.92. The number of ether oxygens (including phenoxy) is 1. The molecule has 2 aliphatic rings. The van der Waals surface area contributed by atoms with Crippen LogP contribution in [0.2, 0.25) is 0 Å². The van der Waals surface area contributed by atoms with E-state index in [1.54, 1.807) is 0 Å². The fourth-order valence-electron chi connectivity index (χ4n) is 2.64. The van der Waals surface area contributed by atoms with Crippen molar-refractivity contribution in [2.24, 2.45) is 10.7 Å². The Kier molecular flexibility index (Phi) is 7.38. The van der Waals surface area contributed by atoms with Crippen LogP contribution in [0, 0.1) is 0 Å². The third-order valence-corrected chi connectivity index (χ3v) is 3.92. The topological polar surface area (TPSA) is 79.9 Å². The summed E-state index contributed by atoms with van der Waals surface area (Å²) in [6, 6.07) is 0.465. The first-order chi connectivity index (χ1) is 8.68. The van der Waals surface area contributed by atoms with E-state index in [4.69, 9.17) is 10.5 Å². The first-order valence-corrected chi connectivity index (χ1v) is 7.05. The normalized spacial score (nSPS) is 24.6. The van der Waals surface area contributed by atoms with Crippen molar-refractivity contribution >= 4 is 29.9 Å². The van der Waals surface area contributed by atoms with Crippen LogP contribution in [0.1, 0.15) is 44.9 Å². The molecule has 0 aromatic heterocycles. The summed E-state index contributed by atoms with van der Waals surface area (Å²) in [5, 5.41) is 13.5. The Morgan fingerprint density at radius 3 is 2.53 bits per heavy atom. The average Bonchev–Trinajstić information content (AvgIpc) is 2.39. The maximum absolute atomic E-state index is 10.3. The van der Waals surface area contributed by atoms with E-state index in [9.17, 15) is 5.11 Å². The second-order valence-corrected chi connectivity index (χ2v) is 5.52. The van der Waals surface area contributed by atoms with Crippen LogP contribution in [-0.4, -0.2) is 42.5 Å². The standard InChI is InChI=1S/C13H25N3O2.HI/c14-12(16-11-4-2-1-3-5-11)15-10-13(17)6-8-18-9-7-13;/h11,17H,1-10H2,(H3,14,15,16);1H. The van der Waals surface area contributed by atoms with Gasteiger partial charge in [0.2, 0.25) is 0 Å². The van der Waals surface area contributed by atoms with Gasteiger partial charge in [-0.2, -0.15) is 0 Å². The second kappa shape index (κ2) is 8.26. The molecule has 1 saturated carbocycles. The molecule has 1 aliphatic carbocycles. The molecule has 0 amide bonds. The Hall–Kier alpha value is -0.0800. The van der Waals surface area contributed by atoms with Crippen molar-refractivity contribution in [2.75, 3.05) is 19.8 Å². The molecule has 2 rings (SSSR count). The van der Waals surface area contributed by atoms with E-state index in [0.29, 0.717) is 44.6 Å². The highest BCUT2D eigenvalue weighted by atomic mass is 127. The SMILES string of the molecule is I.NC(=NCC1(O)CCOCC1)NC1CCCCC1. The zero-order valence-electron chi connectivity index (χ0n) is 11.4. The third kappa shape index (κ3) is 5.83. The molecule has 112 valence electrons. The molecular formula is C13H26IN3O2. The van der Waals surface area contributed by atoms with Crippen LogP contribution in [0.5, 0.6) is 0 Å². The van der Waals surface area contributed by atoms with E-state index in [-0.39, 0.29) is 24.0 Å². The quantitative estimate of drug-likeness (QED) is 0.391. The van der Waals surface area contributed by atoms with Gasteiger partial charge in [0.05, 0.1) is 12.1 Å². The predicted molar refractivity (Wildman–Crippen MR) is 86.9 cm³/mol. The van der Waals surface area contributed by atoms with Crippen molar-refractivity contribution in [3.8, 4) is 0 Å². The molecule has 0 bridgehead atoms. The number of nitrogens with zero attached hydrogens (tertiary/aromatic N) is 1. The van der Waals surface area contributed by atoms with Crippen LogP contribution < -0.4 is 11.1 Å². The van der Waals surface area contributed by atoms with Crippen LogP contribution in [0.4, 0.5) is 0 Å². The highest BCUT2D eigenvalue weighted by molar-refractivity contribution is 14.0. The van der Waals surface area contributed by atoms with Gasteiger partial charge < -0.3 is 20.9 Å². The maximum atomic E-state index is 10.3.